The zero-order valence-corrected chi connectivity index (χ0v) is 17.6. The molecule has 2 fully saturated rings. The van der Waals surface area contributed by atoms with Gasteiger partial charge in [0, 0.05) is 50.7 Å². The number of hydrogen-bond acceptors (Lipinski definition) is 3. The van der Waals surface area contributed by atoms with Crippen molar-refractivity contribution >= 4 is 29.9 Å². The van der Waals surface area contributed by atoms with Crippen LogP contribution in [0.5, 0.6) is 0 Å². The zero-order valence-electron chi connectivity index (χ0n) is 15.3. The SMILES string of the molecule is CCNC(=NCCc1cccnc1)NC1CCN(C2CCCC2)C1.I. The van der Waals surface area contributed by atoms with E-state index in [2.05, 4.69) is 33.5 Å². The molecule has 1 atom stereocenters. The second kappa shape index (κ2) is 11.0. The quantitative estimate of drug-likeness (QED) is 0.392. The van der Waals surface area contributed by atoms with Gasteiger partial charge in [0.1, 0.15) is 0 Å². The van der Waals surface area contributed by atoms with Gasteiger partial charge in [0.2, 0.25) is 0 Å². The van der Waals surface area contributed by atoms with Crippen LogP contribution in [0.4, 0.5) is 0 Å². The first-order valence-corrected chi connectivity index (χ1v) is 9.53. The fourth-order valence-corrected chi connectivity index (χ4v) is 3.86. The monoisotopic (exact) mass is 457 g/mol. The summed E-state index contributed by atoms with van der Waals surface area (Å²) in [5, 5.41) is 7.02. The highest BCUT2D eigenvalue weighted by molar-refractivity contribution is 14.0. The van der Waals surface area contributed by atoms with Crippen molar-refractivity contribution in [1.82, 2.24) is 20.5 Å². The molecule has 1 aliphatic heterocycles. The Hall–Kier alpha value is -0.890. The topological polar surface area (TPSA) is 52.6 Å². The van der Waals surface area contributed by atoms with Gasteiger partial charge in [0.15, 0.2) is 5.96 Å². The standard InChI is InChI=1S/C19H31N5.HI/c1-2-21-19(22-12-9-16-6-5-11-20-14-16)23-17-10-13-24(15-17)18-7-3-4-8-18;/h5-6,11,14,17-18H,2-4,7-10,12-13,15H2,1H3,(H2,21,22,23);1H. The summed E-state index contributed by atoms with van der Waals surface area (Å²) in [4.78, 5) is 11.6. The molecule has 0 radical (unpaired) electrons. The zero-order chi connectivity index (χ0) is 16.6. The highest BCUT2D eigenvalue weighted by Crippen LogP contribution is 2.26. The average Bonchev–Trinajstić information content (AvgIpc) is 3.27. The molecule has 1 saturated carbocycles. The molecule has 5 nitrogen and oxygen atoms in total. The van der Waals surface area contributed by atoms with Crippen LogP contribution in [0, 0.1) is 0 Å². The number of hydrogen-bond donors (Lipinski definition) is 2. The number of halogens is 1. The van der Waals surface area contributed by atoms with E-state index in [9.17, 15) is 0 Å². The predicted molar refractivity (Wildman–Crippen MR) is 115 cm³/mol. The number of nitrogens with one attached hydrogen (secondary N) is 2. The number of aromatic nitrogens is 1. The number of nitrogens with zero attached hydrogens (tertiary/aromatic N) is 3. The van der Waals surface area contributed by atoms with E-state index in [4.69, 9.17) is 4.99 Å². The highest BCUT2D eigenvalue weighted by Gasteiger charge is 2.30. The van der Waals surface area contributed by atoms with Crippen molar-refractivity contribution < 1.29 is 0 Å². The summed E-state index contributed by atoms with van der Waals surface area (Å²) in [7, 11) is 0. The van der Waals surface area contributed by atoms with Gasteiger partial charge in [0.05, 0.1) is 0 Å². The maximum absolute atomic E-state index is 4.74. The maximum Gasteiger partial charge on any atom is 0.191 e. The Labute approximate surface area is 169 Å². The molecule has 3 rings (SSSR count). The van der Waals surface area contributed by atoms with Crippen molar-refractivity contribution in [1.29, 1.82) is 0 Å². The molecule has 2 heterocycles. The summed E-state index contributed by atoms with van der Waals surface area (Å²) in [5.74, 6) is 0.958. The predicted octanol–water partition coefficient (Wildman–Crippen LogP) is 2.81. The molecule has 1 unspecified atom stereocenters. The Morgan fingerprint density at radius 2 is 2.16 bits per heavy atom. The van der Waals surface area contributed by atoms with Crippen molar-refractivity contribution in [3.8, 4) is 0 Å². The summed E-state index contributed by atoms with van der Waals surface area (Å²) < 4.78 is 0. The van der Waals surface area contributed by atoms with E-state index in [-0.39, 0.29) is 24.0 Å². The third-order valence-corrected chi connectivity index (χ3v) is 5.14. The van der Waals surface area contributed by atoms with Gasteiger partial charge >= 0.3 is 0 Å². The Balaban J connectivity index is 0.00000225. The van der Waals surface area contributed by atoms with Gasteiger partial charge < -0.3 is 10.6 Å². The van der Waals surface area contributed by atoms with Crippen molar-refractivity contribution in [3.05, 3.63) is 30.1 Å². The molecular weight excluding hydrogens is 425 g/mol. The molecule has 1 aromatic heterocycles. The molecule has 0 spiro atoms. The first-order chi connectivity index (χ1) is 11.8. The number of aliphatic imine (C=N–C) groups is 1. The lowest BCUT2D eigenvalue weighted by molar-refractivity contribution is 0.242. The summed E-state index contributed by atoms with van der Waals surface area (Å²) in [6.45, 7) is 6.21. The maximum atomic E-state index is 4.74. The first-order valence-electron chi connectivity index (χ1n) is 9.53. The number of rotatable bonds is 6. The van der Waals surface area contributed by atoms with E-state index in [0.29, 0.717) is 6.04 Å². The van der Waals surface area contributed by atoms with Gasteiger partial charge in [-0.3, -0.25) is 14.9 Å². The van der Waals surface area contributed by atoms with E-state index in [1.807, 2.05) is 18.5 Å². The van der Waals surface area contributed by atoms with Gasteiger partial charge in [-0.05, 0) is 44.2 Å². The fraction of sp³-hybridized carbons (Fsp3) is 0.684. The van der Waals surface area contributed by atoms with Crippen LogP contribution >= 0.6 is 24.0 Å². The molecule has 0 amide bonds. The average molecular weight is 457 g/mol. The van der Waals surface area contributed by atoms with E-state index in [1.54, 1.807) is 0 Å². The van der Waals surface area contributed by atoms with Crippen LogP contribution in [0.1, 0.15) is 44.6 Å². The lowest BCUT2D eigenvalue weighted by Gasteiger charge is -2.24. The van der Waals surface area contributed by atoms with Crippen LogP contribution in [0.15, 0.2) is 29.5 Å². The van der Waals surface area contributed by atoms with Gasteiger partial charge in [0.25, 0.3) is 0 Å². The molecule has 6 heteroatoms. The highest BCUT2D eigenvalue weighted by atomic mass is 127. The Bertz CT molecular complexity index is 516. The van der Waals surface area contributed by atoms with Crippen molar-refractivity contribution in [2.24, 2.45) is 4.99 Å². The minimum atomic E-state index is 0. The summed E-state index contributed by atoms with van der Waals surface area (Å²) in [6.07, 6.45) is 11.5. The fourth-order valence-electron chi connectivity index (χ4n) is 3.86. The molecule has 0 bridgehead atoms. The van der Waals surface area contributed by atoms with E-state index >= 15 is 0 Å². The number of guanidine groups is 1. The number of pyridine rings is 1. The van der Waals surface area contributed by atoms with Crippen molar-refractivity contribution in [2.75, 3.05) is 26.2 Å². The second-order valence-corrected chi connectivity index (χ2v) is 6.94. The summed E-state index contributed by atoms with van der Waals surface area (Å²) >= 11 is 0. The lowest BCUT2D eigenvalue weighted by Crippen LogP contribution is -2.45. The largest absolute Gasteiger partial charge is 0.357 e. The van der Waals surface area contributed by atoms with Crippen LogP contribution in [0.2, 0.25) is 0 Å². The molecule has 1 aliphatic carbocycles. The van der Waals surface area contributed by atoms with E-state index in [1.165, 1.54) is 44.2 Å². The Morgan fingerprint density at radius 1 is 1.32 bits per heavy atom. The van der Waals surface area contributed by atoms with E-state index in [0.717, 1.165) is 38.1 Å². The van der Waals surface area contributed by atoms with Crippen LogP contribution in [0.25, 0.3) is 0 Å². The smallest absolute Gasteiger partial charge is 0.191 e. The molecule has 1 aromatic rings. The molecular formula is C19H32IN5. The lowest BCUT2D eigenvalue weighted by atomic mass is 10.2. The normalized spacial score (nSPS) is 22.0. The summed E-state index contributed by atoms with van der Waals surface area (Å²) in [5.41, 5.74) is 1.24. The second-order valence-electron chi connectivity index (χ2n) is 6.94. The van der Waals surface area contributed by atoms with Crippen molar-refractivity contribution in [3.63, 3.8) is 0 Å². The van der Waals surface area contributed by atoms with Crippen LogP contribution in [0.3, 0.4) is 0 Å². The molecule has 1 saturated heterocycles. The molecule has 2 aliphatic rings. The summed E-state index contributed by atoms with van der Waals surface area (Å²) in [6, 6.07) is 5.46. The van der Waals surface area contributed by atoms with Gasteiger partial charge in [-0.2, -0.15) is 0 Å². The molecule has 25 heavy (non-hydrogen) atoms. The van der Waals surface area contributed by atoms with Gasteiger partial charge in [-0.15, -0.1) is 24.0 Å². The molecule has 140 valence electrons. The minimum Gasteiger partial charge on any atom is -0.357 e. The van der Waals surface area contributed by atoms with E-state index < -0.39 is 0 Å². The van der Waals surface area contributed by atoms with Crippen molar-refractivity contribution in [2.45, 2.75) is 57.5 Å². The van der Waals surface area contributed by atoms with Crippen LogP contribution in [-0.2, 0) is 6.42 Å². The molecule has 2 N–H and O–H groups in total. The number of likely N-dealkylation sites (tertiary alicyclic amines) is 1. The van der Waals surface area contributed by atoms with Gasteiger partial charge in [-0.1, -0.05) is 18.9 Å². The Kier molecular flexibility index (Phi) is 8.95. The van der Waals surface area contributed by atoms with Crippen LogP contribution < -0.4 is 10.6 Å². The minimum absolute atomic E-state index is 0. The molecule has 0 aromatic carbocycles. The first kappa shape index (κ1) is 20.4. The Morgan fingerprint density at radius 3 is 2.88 bits per heavy atom. The third kappa shape index (κ3) is 6.40. The third-order valence-electron chi connectivity index (χ3n) is 5.14. The van der Waals surface area contributed by atoms with Gasteiger partial charge in [-0.25, -0.2) is 0 Å². The van der Waals surface area contributed by atoms with Crippen LogP contribution in [-0.4, -0.2) is 54.1 Å².